The Kier molecular flexibility index (Phi) is 10.0. The van der Waals surface area contributed by atoms with Crippen LogP contribution in [0.3, 0.4) is 0 Å². The number of carbonyl (C=O) groups is 1. The van der Waals surface area contributed by atoms with Crippen molar-refractivity contribution in [1.82, 2.24) is 10.2 Å². The predicted octanol–water partition coefficient (Wildman–Crippen LogP) is 4.56. The molecule has 2 amide bonds. The van der Waals surface area contributed by atoms with Gasteiger partial charge in [-0.2, -0.15) is 0 Å². The largest absolute Gasteiger partial charge is 0.378 e. The lowest BCUT2D eigenvalue weighted by Gasteiger charge is -2.34. The molecule has 1 fully saturated rings. The highest BCUT2D eigenvalue weighted by atomic mass is 19.1. The Hall–Kier alpha value is -1.92. The number of benzene rings is 1. The first-order valence-corrected chi connectivity index (χ1v) is 10.3. The van der Waals surface area contributed by atoms with Crippen LogP contribution in [-0.2, 0) is 4.74 Å². The molecule has 1 aromatic carbocycles. The maximum atomic E-state index is 13.0. The minimum atomic E-state index is -0.311. The number of urea groups is 1. The minimum Gasteiger partial charge on any atom is -0.378 e. The monoisotopic (exact) mass is 391 g/mol. The molecule has 1 aliphatic carbocycles. The van der Waals surface area contributed by atoms with E-state index in [-0.39, 0.29) is 17.9 Å². The van der Waals surface area contributed by atoms with Crippen molar-refractivity contribution >= 4 is 11.7 Å². The van der Waals surface area contributed by atoms with Crippen molar-refractivity contribution in [3.8, 4) is 0 Å². The summed E-state index contributed by atoms with van der Waals surface area (Å²) in [6, 6.07) is 5.89. The number of ether oxygens (including phenoxy) is 1. The standard InChI is InChI=1S/C22H34FN3O2/c1-3-4-15-24-16-5-6-17-28-21-13-11-20(12-14-21)26(2)22(27)25-19-9-7-18(23)8-10-19/h3,7-10,20-21,24H,1,4-6,11-17H2,2H3,(H,25,27). The quantitative estimate of drug-likeness (QED) is 0.429. The van der Waals surface area contributed by atoms with Gasteiger partial charge in [-0.25, -0.2) is 9.18 Å². The zero-order valence-electron chi connectivity index (χ0n) is 17.0. The minimum absolute atomic E-state index is 0.153. The lowest BCUT2D eigenvalue weighted by atomic mass is 9.92. The van der Waals surface area contributed by atoms with Gasteiger partial charge < -0.3 is 20.3 Å². The lowest BCUT2D eigenvalue weighted by molar-refractivity contribution is 0.0133. The summed E-state index contributed by atoms with van der Waals surface area (Å²) < 4.78 is 19.0. The second-order valence-electron chi connectivity index (χ2n) is 7.38. The van der Waals surface area contributed by atoms with E-state index >= 15 is 0 Å². The molecule has 0 heterocycles. The van der Waals surface area contributed by atoms with Gasteiger partial charge in [-0.3, -0.25) is 0 Å². The summed E-state index contributed by atoms with van der Waals surface area (Å²) >= 11 is 0. The molecular weight excluding hydrogens is 357 g/mol. The average molecular weight is 392 g/mol. The van der Waals surface area contributed by atoms with E-state index in [9.17, 15) is 9.18 Å². The predicted molar refractivity (Wildman–Crippen MR) is 112 cm³/mol. The number of nitrogens with one attached hydrogen (secondary N) is 2. The summed E-state index contributed by atoms with van der Waals surface area (Å²) in [7, 11) is 1.82. The van der Waals surface area contributed by atoms with Gasteiger partial charge in [0.2, 0.25) is 0 Å². The third kappa shape index (κ3) is 7.98. The summed E-state index contributed by atoms with van der Waals surface area (Å²) in [6.07, 6.45) is 9.29. The van der Waals surface area contributed by atoms with Crippen LogP contribution in [0.4, 0.5) is 14.9 Å². The van der Waals surface area contributed by atoms with Crippen molar-refractivity contribution in [3.63, 3.8) is 0 Å². The SMILES string of the molecule is C=CCCNCCCCOC1CCC(N(C)C(=O)Nc2ccc(F)cc2)CC1. The Labute approximate surface area is 168 Å². The molecule has 0 aliphatic heterocycles. The van der Waals surface area contributed by atoms with E-state index in [1.54, 1.807) is 17.0 Å². The molecule has 1 aromatic rings. The molecule has 0 bridgehead atoms. The molecule has 5 nitrogen and oxygen atoms in total. The van der Waals surface area contributed by atoms with Gasteiger partial charge in [0, 0.05) is 25.4 Å². The summed E-state index contributed by atoms with van der Waals surface area (Å²) in [6.45, 7) is 6.54. The first-order valence-electron chi connectivity index (χ1n) is 10.3. The first-order chi connectivity index (χ1) is 13.6. The van der Waals surface area contributed by atoms with Crippen LogP contribution in [0.25, 0.3) is 0 Å². The van der Waals surface area contributed by atoms with Crippen LogP contribution >= 0.6 is 0 Å². The maximum absolute atomic E-state index is 13.0. The van der Waals surface area contributed by atoms with Crippen LogP contribution in [0.2, 0.25) is 0 Å². The van der Waals surface area contributed by atoms with Gasteiger partial charge in [-0.1, -0.05) is 6.08 Å². The molecular formula is C22H34FN3O2. The number of unbranched alkanes of at least 4 members (excludes halogenated alkanes) is 1. The maximum Gasteiger partial charge on any atom is 0.321 e. The van der Waals surface area contributed by atoms with E-state index in [2.05, 4.69) is 17.2 Å². The fraction of sp³-hybridized carbons (Fsp3) is 0.591. The van der Waals surface area contributed by atoms with Gasteiger partial charge in [0.15, 0.2) is 0 Å². The average Bonchev–Trinajstić information content (AvgIpc) is 2.71. The third-order valence-electron chi connectivity index (χ3n) is 5.23. The summed E-state index contributed by atoms with van der Waals surface area (Å²) in [5.74, 6) is -0.311. The zero-order chi connectivity index (χ0) is 20.2. The van der Waals surface area contributed by atoms with Crippen molar-refractivity contribution in [2.24, 2.45) is 0 Å². The Bertz CT molecular complexity index is 586. The zero-order valence-corrected chi connectivity index (χ0v) is 17.0. The van der Waals surface area contributed by atoms with E-state index < -0.39 is 0 Å². The number of hydrogen-bond donors (Lipinski definition) is 2. The van der Waals surface area contributed by atoms with Crippen LogP contribution in [0.5, 0.6) is 0 Å². The van der Waals surface area contributed by atoms with Crippen LogP contribution in [0.15, 0.2) is 36.9 Å². The normalized spacial score (nSPS) is 19.2. The van der Waals surface area contributed by atoms with Gasteiger partial charge in [-0.15, -0.1) is 6.58 Å². The molecule has 0 saturated heterocycles. The van der Waals surface area contributed by atoms with Gasteiger partial charge in [-0.05, 0) is 82.3 Å². The summed E-state index contributed by atoms with van der Waals surface area (Å²) in [4.78, 5) is 14.2. The molecule has 2 N–H and O–H groups in total. The molecule has 2 rings (SSSR count). The number of halogens is 1. The highest BCUT2D eigenvalue weighted by molar-refractivity contribution is 5.89. The van der Waals surface area contributed by atoms with E-state index in [1.807, 2.05) is 13.1 Å². The Morgan fingerprint density at radius 3 is 2.61 bits per heavy atom. The first kappa shape index (κ1) is 22.4. The number of rotatable bonds is 11. The molecule has 156 valence electrons. The molecule has 1 aliphatic rings. The smallest absolute Gasteiger partial charge is 0.321 e. The molecule has 6 heteroatoms. The molecule has 1 saturated carbocycles. The number of nitrogens with zero attached hydrogens (tertiary/aromatic N) is 1. The number of carbonyl (C=O) groups excluding carboxylic acids is 1. The molecule has 28 heavy (non-hydrogen) atoms. The second kappa shape index (κ2) is 12.5. The van der Waals surface area contributed by atoms with Crippen LogP contribution in [-0.4, -0.2) is 49.8 Å². The van der Waals surface area contributed by atoms with Crippen LogP contribution < -0.4 is 10.6 Å². The van der Waals surface area contributed by atoms with Crippen molar-refractivity contribution < 1.29 is 13.9 Å². The van der Waals surface area contributed by atoms with E-state index in [0.717, 1.165) is 64.6 Å². The molecule has 0 aromatic heterocycles. The van der Waals surface area contributed by atoms with Crippen LogP contribution in [0.1, 0.15) is 44.9 Å². The fourth-order valence-corrected chi connectivity index (χ4v) is 3.44. The van der Waals surface area contributed by atoms with Crippen molar-refractivity contribution in [3.05, 3.63) is 42.7 Å². The van der Waals surface area contributed by atoms with Crippen molar-refractivity contribution in [2.45, 2.75) is 57.1 Å². The highest BCUT2D eigenvalue weighted by Gasteiger charge is 2.26. The van der Waals surface area contributed by atoms with Crippen molar-refractivity contribution in [1.29, 1.82) is 0 Å². The molecule has 0 atom stereocenters. The Balaban J connectivity index is 1.58. The highest BCUT2D eigenvalue weighted by Crippen LogP contribution is 2.25. The topological polar surface area (TPSA) is 53.6 Å². The van der Waals surface area contributed by atoms with Gasteiger partial charge in [0.1, 0.15) is 5.82 Å². The van der Waals surface area contributed by atoms with Gasteiger partial charge in [0.25, 0.3) is 0 Å². The molecule has 0 radical (unpaired) electrons. The number of hydrogen-bond acceptors (Lipinski definition) is 3. The van der Waals surface area contributed by atoms with E-state index in [0.29, 0.717) is 11.8 Å². The van der Waals surface area contributed by atoms with Gasteiger partial charge >= 0.3 is 6.03 Å². The number of amides is 2. The van der Waals surface area contributed by atoms with Crippen molar-refractivity contribution in [2.75, 3.05) is 32.1 Å². The summed E-state index contributed by atoms with van der Waals surface area (Å²) in [5, 5.41) is 6.21. The second-order valence-corrected chi connectivity index (χ2v) is 7.38. The Morgan fingerprint density at radius 1 is 1.21 bits per heavy atom. The van der Waals surface area contributed by atoms with Crippen LogP contribution in [0, 0.1) is 5.82 Å². The van der Waals surface area contributed by atoms with E-state index in [1.165, 1.54) is 12.1 Å². The lowest BCUT2D eigenvalue weighted by Crippen LogP contribution is -2.42. The summed E-state index contributed by atoms with van der Waals surface area (Å²) in [5.41, 5.74) is 0.606. The van der Waals surface area contributed by atoms with Gasteiger partial charge in [0.05, 0.1) is 6.10 Å². The molecule has 0 spiro atoms. The Morgan fingerprint density at radius 2 is 1.93 bits per heavy atom. The molecule has 0 unspecified atom stereocenters. The third-order valence-corrected chi connectivity index (χ3v) is 5.23. The van der Waals surface area contributed by atoms with E-state index in [4.69, 9.17) is 4.74 Å². The number of anilines is 1. The fourth-order valence-electron chi connectivity index (χ4n) is 3.44.